The Balaban J connectivity index is 1.70. The number of phenolic OH excluding ortho intramolecular Hbond substituents is 1. The van der Waals surface area contributed by atoms with Crippen molar-refractivity contribution in [1.29, 1.82) is 0 Å². The maximum absolute atomic E-state index is 12.5. The minimum atomic E-state index is -0.386. The quantitative estimate of drug-likeness (QED) is 0.546. The molecule has 0 spiro atoms. The minimum absolute atomic E-state index is 0.0133. The molecule has 1 aliphatic heterocycles. The first-order valence-corrected chi connectivity index (χ1v) is 8.39. The average molecular weight is 382 g/mol. The van der Waals surface area contributed by atoms with Crippen molar-refractivity contribution in [1.82, 2.24) is 4.90 Å². The van der Waals surface area contributed by atoms with Crippen LogP contribution in [0.5, 0.6) is 5.75 Å². The first-order chi connectivity index (χ1) is 13.0. The second kappa shape index (κ2) is 6.41. The number of carbonyl (C=O) groups excluding carboxylic acids is 3. The van der Waals surface area contributed by atoms with Crippen molar-refractivity contribution in [2.45, 2.75) is 6.54 Å². The Morgan fingerprint density at radius 3 is 2.26 bits per heavy atom. The SMILES string of the molecule is O=Cc1ccc(-c2cc(CN3C(=O)c4ccccc4C3=O)cc(Cl)c2O)o1. The second-order valence-electron chi connectivity index (χ2n) is 6.04. The molecule has 0 unspecified atom stereocenters. The first kappa shape index (κ1) is 17.1. The van der Waals surface area contributed by atoms with Gasteiger partial charge in [0, 0.05) is 0 Å². The van der Waals surface area contributed by atoms with Gasteiger partial charge in [0.25, 0.3) is 11.8 Å². The van der Waals surface area contributed by atoms with Gasteiger partial charge in [0.05, 0.1) is 28.3 Å². The number of phenols is 1. The van der Waals surface area contributed by atoms with Gasteiger partial charge in [-0.25, -0.2) is 0 Å². The summed E-state index contributed by atoms with van der Waals surface area (Å²) in [6, 6.07) is 12.7. The number of halogens is 1. The first-order valence-electron chi connectivity index (χ1n) is 8.01. The maximum Gasteiger partial charge on any atom is 0.261 e. The number of hydrogen-bond acceptors (Lipinski definition) is 5. The number of rotatable bonds is 4. The van der Waals surface area contributed by atoms with Gasteiger partial charge >= 0.3 is 0 Å². The molecule has 1 aromatic heterocycles. The van der Waals surface area contributed by atoms with Crippen LogP contribution in [0.3, 0.4) is 0 Å². The summed E-state index contributed by atoms with van der Waals surface area (Å²) in [5.74, 6) is -0.633. The number of furan rings is 1. The molecule has 0 fully saturated rings. The van der Waals surface area contributed by atoms with Gasteiger partial charge in [-0.1, -0.05) is 23.7 Å². The van der Waals surface area contributed by atoms with Gasteiger partial charge in [-0.05, 0) is 42.0 Å². The summed E-state index contributed by atoms with van der Waals surface area (Å²) >= 11 is 6.11. The third-order valence-corrected chi connectivity index (χ3v) is 4.64. The van der Waals surface area contributed by atoms with Crippen LogP contribution in [0, 0.1) is 0 Å². The maximum atomic E-state index is 12.5. The molecule has 1 N–H and O–H groups in total. The molecule has 0 atom stereocenters. The number of hydrogen-bond donors (Lipinski definition) is 1. The number of aldehydes is 1. The molecule has 3 aromatic rings. The van der Waals surface area contributed by atoms with Crippen molar-refractivity contribution < 1.29 is 23.9 Å². The zero-order valence-electron chi connectivity index (χ0n) is 13.8. The standard InChI is InChI=1S/C20H12ClNO5/c21-16-8-11(7-15(18(16)24)17-6-5-12(10-23)27-17)9-22-19(25)13-3-1-2-4-14(13)20(22)26/h1-8,10,24H,9H2. The van der Waals surface area contributed by atoms with E-state index in [-0.39, 0.29) is 46.2 Å². The van der Waals surface area contributed by atoms with Crippen LogP contribution in [-0.4, -0.2) is 28.1 Å². The Hall–Kier alpha value is -3.38. The number of aromatic hydroxyl groups is 1. The Bertz CT molecular complexity index is 1070. The summed E-state index contributed by atoms with van der Waals surface area (Å²) in [4.78, 5) is 37.0. The highest BCUT2D eigenvalue weighted by Gasteiger charge is 2.35. The van der Waals surface area contributed by atoms with Crippen LogP contribution in [0.1, 0.15) is 36.8 Å². The molecular weight excluding hydrogens is 370 g/mol. The highest BCUT2D eigenvalue weighted by atomic mass is 35.5. The number of fused-ring (bicyclic) bond motifs is 1. The Morgan fingerprint density at radius 2 is 1.67 bits per heavy atom. The Kier molecular flexibility index (Phi) is 4.05. The van der Waals surface area contributed by atoms with Crippen molar-refractivity contribution in [2.75, 3.05) is 0 Å². The van der Waals surface area contributed by atoms with E-state index >= 15 is 0 Å². The zero-order valence-corrected chi connectivity index (χ0v) is 14.6. The van der Waals surface area contributed by atoms with E-state index < -0.39 is 0 Å². The third kappa shape index (κ3) is 2.80. The van der Waals surface area contributed by atoms with Crippen LogP contribution in [0.15, 0.2) is 52.9 Å². The van der Waals surface area contributed by atoms with E-state index in [1.165, 1.54) is 18.2 Å². The summed E-state index contributed by atoms with van der Waals surface area (Å²) in [6.45, 7) is -0.0133. The second-order valence-corrected chi connectivity index (χ2v) is 6.44. The van der Waals surface area contributed by atoms with Crippen LogP contribution in [-0.2, 0) is 6.54 Å². The van der Waals surface area contributed by atoms with E-state index in [4.69, 9.17) is 16.0 Å². The summed E-state index contributed by atoms with van der Waals surface area (Å²) in [5.41, 5.74) is 1.51. The van der Waals surface area contributed by atoms with E-state index in [1.807, 2.05) is 0 Å². The highest BCUT2D eigenvalue weighted by Crippen LogP contribution is 2.38. The molecule has 0 radical (unpaired) electrons. The largest absolute Gasteiger partial charge is 0.506 e. The molecule has 7 heteroatoms. The lowest BCUT2D eigenvalue weighted by Crippen LogP contribution is -2.29. The van der Waals surface area contributed by atoms with Crippen molar-refractivity contribution in [3.05, 3.63) is 76.0 Å². The lowest BCUT2D eigenvalue weighted by molar-refractivity contribution is 0.0642. The molecule has 2 aromatic carbocycles. The fourth-order valence-corrected chi connectivity index (χ4v) is 3.30. The van der Waals surface area contributed by atoms with Crippen molar-refractivity contribution in [2.24, 2.45) is 0 Å². The van der Waals surface area contributed by atoms with Crippen LogP contribution in [0.4, 0.5) is 0 Å². The van der Waals surface area contributed by atoms with E-state index in [1.54, 1.807) is 30.3 Å². The van der Waals surface area contributed by atoms with Crippen LogP contribution in [0.25, 0.3) is 11.3 Å². The molecule has 2 amide bonds. The van der Waals surface area contributed by atoms with Gasteiger partial charge in [-0.15, -0.1) is 0 Å². The number of carbonyl (C=O) groups is 3. The summed E-state index contributed by atoms with van der Waals surface area (Å²) in [5, 5.41) is 10.3. The highest BCUT2D eigenvalue weighted by molar-refractivity contribution is 6.32. The predicted molar refractivity (Wildman–Crippen MR) is 96.9 cm³/mol. The number of benzene rings is 2. The normalized spacial score (nSPS) is 13.1. The van der Waals surface area contributed by atoms with Gasteiger partial charge in [0.15, 0.2) is 12.0 Å². The molecule has 1 aliphatic rings. The average Bonchev–Trinajstić information content (AvgIpc) is 3.24. The third-order valence-electron chi connectivity index (χ3n) is 4.35. The molecule has 134 valence electrons. The van der Waals surface area contributed by atoms with Crippen LogP contribution < -0.4 is 0 Å². The van der Waals surface area contributed by atoms with Gasteiger partial charge in [-0.2, -0.15) is 0 Å². The molecule has 27 heavy (non-hydrogen) atoms. The van der Waals surface area contributed by atoms with Crippen LogP contribution >= 0.6 is 11.6 Å². The minimum Gasteiger partial charge on any atom is -0.506 e. The molecular formula is C20H12ClNO5. The van der Waals surface area contributed by atoms with Crippen LogP contribution in [0.2, 0.25) is 5.02 Å². The molecule has 0 bridgehead atoms. The summed E-state index contributed by atoms with van der Waals surface area (Å²) in [6.07, 6.45) is 0.546. The van der Waals surface area contributed by atoms with Crippen molar-refractivity contribution in [3.63, 3.8) is 0 Å². The van der Waals surface area contributed by atoms with Gasteiger partial charge in [0.2, 0.25) is 0 Å². The summed E-state index contributed by atoms with van der Waals surface area (Å²) < 4.78 is 5.34. The zero-order chi connectivity index (χ0) is 19.1. The topological polar surface area (TPSA) is 87.8 Å². The molecule has 0 saturated heterocycles. The predicted octanol–water partition coefficient (Wildman–Crippen LogP) is 3.91. The van der Waals surface area contributed by atoms with Crippen molar-refractivity contribution >= 4 is 29.7 Å². The summed E-state index contributed by atoms with van der Waals surface area (Å²) in [7, 11) is 0. The Morgan fingerprint density at radius 1 is 1.00 bits per heavy atom. The fraction of sp³-hybridized carbons (Fsp3) is 0.0500. The number of nitrogens with zero attached hydrogens (tertiary/aromatic N) is 1. The smallest absolute Gasteiger partial charge is 0.261 e. The fourth-order valence-electron chi connectivity index (χ4n) is 3.06. The number of imide groups is 1. The number of amides is 2. The van der Waals surface area contributed by atoms with E-state index in [0.717, 1.165) is 4.90 Å². The lowest BCUT2D eigenvalue weighted by Gasteiger charge is -2.15. The molecule has 0 aliphatic carbocycles. The molecule has 6 nitrogen and oxygen atoms in total. The monoisotopic (exact) mass is 381 g/mol. The molecule has 4 rings (SSSR count). The molecule has 2 heterocycles. The van der Waals surface area contributed by atoms with Crippen molar-refractivity contribution in [3.8, 4) is 17.1 Å². The van der Waals surface area contributed by atoms with E-state index in [0.29, 0.717) is 23.0 Å². The van der Waals surface area contributed by atoms with Gasteiger partial charge in [-0.3, -0.25) is 19.3 Å². The van der Waals surface area contributed by atoms with Gasteiger partial charge < -0.3 is 9.52 Å². The van der Waals surface area contributed by atoms with Gasteiger partial charge in [0.1, 0.15) is 11.5 Å². The lowest BCUT2D eigenvalue weighted by atomic mass is 10.1. The van der Waals surface area contributed by atoms with E-state index in [2.05, 4.69) is 0 Å². The Labute approximate surface area is 158 Å². The van der Waals surface area contributed by atoms with E-state index in [9.17, 15) is 19.5 Å². The molecule has 0 saturated carbocycles.